The minimum Gasteiger partial charge on any atom is -0.511 e. The number of carbonyl (C=O) groups is 3. The maximum atomic E-state index is 13.6. The van der Waals surface area contributed by atoms with Crippen LogP contribution in [-0.4, -0.2) is 50.6 Å². The average molecular weight is 477 g/mol. The van der Waals surface area contributed by atoms with Crippen molar-refractivity contribution in [2.45, 2.75) is 24.9 Å². The predicted molar refractivity (Wildman–Crippen MR) is 123 cm³/mol. The molecule has 9 nitrogen and oxygen atoms in total. The number of phenols is 1. The number of aromatic hydroxyl groups is 1. The van der Waals surface area contributed by atoms with Gasteiger partial charge in [-0.05, 0) is 53.6 Å². The van der Waals surface area contributed by atoms with Gasteiger partial charge in [0.25, 0.3) is 5.91 Å². The Balaban J connectivity index is 1.66. The lowest BCUT2D eigenvalue weighted by Crippen LogP contribution is -2.57. The fourth-order valence-corrected chi connectivity index (χ4v) is 5.66. The molecule has 5 rings (SSSR count). The molecule has 3 aliphatic rings. The molecule has 0 aliphatic heterocycles. The number of aliphatic hydroxyl groups excluding tert-OH is 2. The SMILES string of the molecule is COc1ccc(-c2ccc(O)c3c2C[C@H]2C[C@H]4CC(O)=C(C(N)=O)C(=O)[C@@]4(O)C(O)=C2C3=O)cc1. The van der Waals surface area contributed by atoms with Crippen molar-refractivity contribution in [3.8, 4) is 22.6 Å². The maximum absolute atomic E-state index is 13.6. The van der Waals surface area contributed by atoms with Gasteiger partial charge in [-0.15, -0.1) is 0 Å². The minimum absolute atomic E-state index is 0.0186. The molecule has 0 fully saturated rings. The molecule has 180 valence electrons. The van der Waals surface area contributed by atoms with Crippen molar-refractivity contribution in [1.29, 1.82) is 0 Å². The second kappa shape index (κ2) is 7.71. The minimum atomic E-state index is -2.57. The first-order valence-corrected chi connectivity index (χ1v) is 11.1. The standard InChI is InChI=1S/C26H23NO8/c1-35-14-4-2-11(3-5-14)15-6-7-17(28)20-16(15)9-12-8-13-10-18(29)21(25(27)33)24(32)26(13,34)23(31)19(12)22(20)30/h2-7,12-13,28-29,31,34H,8-10H2,1H3,(H2,27,33)/t12-,13+,26+/m1/s1. The van der Waals surface area contributed by atoms with E-state index in [0.29, 0.717) is 16.9 Å². The Hall–Kier alpha value is -4.11. The number of amides is 1. The molecule has 0 saturated carbocycles. The average Bonchev–Trinajstić information content (AvgIpc) is 2.81. The quantitative estimate of drug-likeness (QED) is 0.420. The number of carbonyl (C=O) groups excluding carboxylic acids is 3. The third kappa shape index (κ3) is 3.08. The van der Waals surface area contributed by atoms with E-state index in [4.69, 9.17) is 10.5 Å². The van der Waals surface area contributed by atoms with Crippen LogP contribution in [0.3, 0.4) is 0 Å². The fourth-order valence-electron chi connectivity index (χ4n) is 5.66. The van der Waals surface area contributed by atoms with E-state index in [0.717, 1.165) is 5.56 Å². The molecule has 2 aromatic rings. The second-order valence-electron chi connectivity index (χ2n) is 9.12. The van der Waals surface area contributed by atoms with Crippen molar-refractivity contribution in [2.75, 3.05) is 7.11 Å². The van der Waals surface area contributed by atoms with Crippen molar-refractivity contribution in [2.24, 2.45) is 17.6 Å². The van der Waals surface area contributed by atoms with E-state index in [1.54, 1.807) is 25.3 Å². The highest BCUT2D eigenvalue weighted by Gasteiger charge is 2.59. The van der Waals surface area contributed by atoms with Gasteiger partial charge in [0.05, 0.1) is 12.7 Å². The van der Waals surface area contributed by atoms with Crippen molar-refractivity contribution < 1.29 is 39.5 Å². The van der Waals surface area contributed by atoms with Crippen LogP contribution in [0.4, 0.5) is 0 Å². The van der Waals surface area contributed by atoms with E-state index in [2.05, 4.69) is 0 Å². The van der Waals surface area contributed by atoms with Gasteiger partial charge in [0.15, 0.2) is 11.4 Å². The van der Waals surface area contributed by atoms with Crippen LogP contribution in [0, 0.1) is 11.8 Å². The number of fused-ring (bicyclic) bond motifs is 3. The summed E-state index contributed by atoms with van der Waals surface area (Å²) >= 11 is 0. The first-order chi connectivity index (χ1) is 16.6. The summed E-state index contributed by atoms with van der Waals surface area (Å²) in [7, 11) is 1.55. The number of benzene rings is 2. The number of rotatable bonds is 3. The number of ether oxygens (including phenoxy) is 1. The lowest BCUT2D eigenvalue weighted by Gasteiger charge is -2.45. The number of methoxy groups -OCH3 is 1. The topological polar surface area (TPSA) is 167 Å². The molecular formula is C26H23NO8. The zero-order valence-corrected chi connectivity index (χ0v) is 18.7. The van der Waals surface area contributed by atoms with Crippen molar-refractivity contribution in [3.05, 3.63) is 70.2 Å². The molecule has 3 aliphatic carbocycles. The van der Waals surface area contributed by atoms with E-state index >= 15 is 0 Å². The number of Topliss-reactive ketones (excluding diaryl/α,β-unsaturated/α-hetero) is 2. The number of hydrogen-bond donors (Lipinski definition) is 5. The van der Waals surface area contributed by atoms with Crippen molar-refractivity contribution in [3.63, 3.8) is 0 Å². The summed E-state index contributed by atoms with van der Waals surface area (Å²) in [6.07, 6.45) is 0.0611. The second-order valence-corrected chi connectivity index (χ2v) is 9.12. The Kier molecular flexibility index (Phi) is 4.99. The first kappa shape index (κ1) is 22.7. The molecule has 2 aromatic carbocycles. The van der Waals surface area contributed by atoms with Crippen LogP contribution in [0.25, 0.3) is 11.1 Å². The molecule has 0 radical (unpaired) electrons. The van der Waals surface area contributed by atoms with Gasteiger partial charge in [-0.3, -0.25) is 14.4 Å². The maximum Gasteiger partial charge on any atom is 0.255 e. The number of aliphatic hydroxyl groups is 3. The Morgan fingerprint density at radius 2 is 1.74 bits per heavy atom. The van der Waals surface area contributed by atoms with Crippen molar-refractivity contribution in [1.82, 2.24) is 0 Å². The van der Waals surface area contributed by atoms with Gasteiger partial charge in [-0.25, -0.2) is 0 Å². The molecule has 0 saturated heterocycles. The largest absolute Gasteiger partial charge is 0.511 e. The van der Waals surface area contributed by atoms with Crippen LogP contribution < -0.4 is 10.5 Å². The van der Waals surface area contributed by atoms with Gasteiger partial charge in [-0.2, -0.15) is 0 Å². The molecule has 9 heteroatoms. The molecule has 0 unspecified atom stereocenters. The van der Waals surface area contributed by atoms with Gasteiger partial charge < -0.3 is 30.9 Å². The number of phenolic OH excluding ortho intramolecular Hbond substituents is 1. The van der Waals surface area contributed by atoms with E-state index < -0.39 is 52.0 Å². The zero-order valence-electron chi connectivity index (χ0n) is 18.7. The number of hydrogen-bond acceptors (Lipinski definition) is 8. The Labute approximate surface area is 199 Å². The summed E-state index contributed by atoms with van der Waals surface area (Å²) in [6.45, 7) is 0. The monoisotopic (exact) mass is 477 g/mol. The lowest BCUT2D eigenvalue weighted by molar-refractivity contribution is -0.144. The molecule has 1 amide bonds. The molecule has 35 heavy (non-hydrogen) atoms. The van der Waals surface area contributed by atoms with Crippen LogP contribution >= 0.6 is 0 Å². The highest BCUT2D eigenvalue weighted by Crippen LogP contribution is 2.52. The highest BCUT2D eigenvalue weighted by atomic mass is 16.5. The molecule has 0 bridgehead atoms. The summed E-state index contributed by atoms with van der Waals surface area (Å²) in [5, 5.41) is 43.2. The van der Waals surface area contributed by atoms with E-state index in [1.165, 1.54) is 6.07 Å². The smallest absolute Gasteiger partial charge is 0.255 e. The summed E-state index contributed by atoms with van der Waals surface area (Å²) in [5.41, 5.74) is 3.73. The van der Waals surface area contributed by atoms with Crippen LogP contribution in [0.1, 0.15) is 28.8 Å². The zero-order chi connectivity index (χ0) is 25.2. The Morgan fingerprint density at radius 1 is 1.06 bits per heavy atom. The van der Waals surface area contributed by atoms with E-state index in [1.807, 2.05) is 12.1 Å². The number of nitrogens with two attached hydrogens (primary N) is 1. The van der Waals surface area contributed by atoms with E-state index in [9.17, 15) is 34.8 Å². The van der Waals surface area contributed by atoms with Crippen LogP contribution in [0.2, 0.25) is 0 Å². The first-order valence-electron chi connectivity index (χ1n) is 11.1. The normalized spacial score (nSPS) is 25.7. The summed E-state index contributed by atoms with van der Waals surface area (Å²) in [5.74, 6) is -5.78. The van der Waals surface area contributed by atoms with Gasteiger partial charge in [0.2, 0.25) is 5.78 Å². The van der Waals surface area contributed by atoms with Crippen LogP contribution in [0.5, 0.6) is 11.5 Å². The van der Waals surface area contributed by atoms with Crippen LogP contribution in [-0.2, 0) is 16.0 Å². The predicted octanol–water partition coefficient (Wildman–Crippen LogP) is 2.26. The lowest BCUT2D eigenvalue weighted by atomic mass is 9.60. The van der Waals surface area contributed by atoms with E-state index in [-0.39, 0.29) is 36.1 Å². The number of primary amides is 1. The molecule has 6 N–H and O–H groups in total. The molecule has 0 aromatic heterocycles. The Morgan fingerprint density at radius 3 is 2.37 bits per heavy atom. The molecule has 0 heterocycles. The van der Waals surface area contributed by atoms with Crippen LogP contribution in [0.15, 0.2) is 59.1 Å². The number of ketones is 2. The van der Waals surface area contributed by atoms with Gasteiger partial charge in [0, 0.05) is 17.9 Å². The highest BCUT2D eigenvalue weighted by molar-refractivity contribution is 6.24. The van der Waals surface area contributed by atoms with Gasteiger partial charge in [0.1, 0.15) is 28.6 Å². The number of allylic oxidation sites excluding steroid dienone is 2. The third-order valence-corrected chi connectivity index (χ3v) is 7.35. The Bertz CT molecular complexity index is 1370. The molecular weight excluding hydrogens is 454 g/mol. The fraction of sp³-hybridized carbons (Fsp3) is 0.269. The van der Waals surface area contributed by atoms with Gasteiger partial charge >= 0.3 is 0 Å². The third-order valence-electron chi connectivity index (χ3n) is 7.35. The van der Waals surface area contributed by atoms with Gasteiger partial charge in [-0.1, -0.05) is 18.2 Å². The summed E-state index contributed by atoms with van der Waals surface area (Å²) in [6, 6.07) is 10.3. The summed E-state index contributed by atoms with van der Waals surface area (Å²) < 4.78 is 5.20. The summed E-state index contributed by atoms with van der Waals surface area (Å²) in [4.78, 5) is 38.3. The van der Waals surface area contributed by atoms with Crippen molar-refractivity contribution >= 4 is 17.5 Å². The molecule has 3 atom stereocenters. The molecule has 0 spiro atoms.